The number of rotatable bonds is 2. The van der Waals surface area contributed by atoms with Gasteiger partial charge in [0.2, 0.25) is 5.91 Å². The molecular formula is C20H23NO3S. The fraction of sp³-hybridized carbons (Fsp3) is 0.450. The minimum absolute atomic E-state index is 0.116. The molecule has 1 saturated carbocycles. The Morgan fingerprint density at radius 1 is 1.36 bits per heavy atom. The highest BCUT2D eigenvalue weighted by atomic mass is 32.1. The molecule has 0 radical (unpaired) electrons. The van der Waals surface area contributed by atoms with Crippen molar-refractivity contribution in [1.82, 2.24) is 4.90 Å². The standard InChI is InChI=1S/C20H23NO3S/c1-12-4-5-17(25-12)13-8-14-11-21(19(23)15-10-20(15,2)3)6-7-24-18(14)16(22)9-13/h4-5,8-9,15,22H,6-7,10-11H2,1-3H3/t15-/m1/s1. The van der Waals surface area contributed by atoms with Crippen molar-refractivity contribution in [2.45, 2.75) is 33.7 Å². The van der Waals surface area contributed by atoms with Crippen LogP contribution >= 0.6 is 11.3 Å². The Balaban J connectivity index is 1.65. The first-order chi connectivity index (χ1) is 11.8. The molecule has 2 aliphatic rings. The van der Waals surface area contributed by atoms with Crippen molar-refractivity contribution < 1.29 is 14.6 Å². The van der Waals surface area contributed by atoms with E-state index in [0.29, 0.717) is 25.4 Å². The number of carbonyl (C=O) groups excluding carboxylic acids is 1. The molecule has 2 heterocycles. The number of hydrogen-bond acceptors (Lipinski definition) is 4. The van der Waals surface area contributed by atoms with Crippen molar-refractivity contribution >= 4 is 17.2 Å². The van der Waals surface area contributed by atoms with Gasteiger partial charge in [-0.05, 0) is 48.6 Å². The number of fused-ring (bicyclic) bond motifs is 1. The Kier molecular flexibility index (Phi) is 3.80. The average molecular weight is 357 g/mol. The number of hydrogen-bond donors (Lipinski definition) is 1. The van der Waals surface area contributed by atoms with Gasteiger partial charge in [-0.2, -0.15) is 0 Å². The van der Waals surface area contributed by atoms with E-state index in [9.17, 15) is 9.90 Å². The smallest absolute Gasteiger partial charge is 0.226 e. The molecule has 0 unspecified atom stereocenters. The van der Waals surface area contributed by atoms with Gasteiger partial charge in [0.25, 0.3) is 0 Å². The lowest BCUT2D eigenvalue weighted by Gasteiger charge is -2.21. The molecular weight excluding hydrogens is 334 g/mol. The predicted molar refractivity (Wildman–Crippen MR) is 99.0 cm³/mol. The number of phenolic OH excluding ortho intramolecular Hbond substituents is 1. The van der Waals surface area contributed by atoms with Crippen molar-refractivity contribution in [3.63, 3.8) is 0 Å². The maximum Gasteiger partial charge on any atom is 0.226 e. The zero-order valence-electron chi connectivity index (χ0n) is 14.8. The molecule has 0 bridgehead atoms. The summed E-state index contributed by atoms with van der Waals surface area (Å²) in [6, 6.07) is 7.94. The average Bonchev–Trinajstić information content (AvgIpc) is 3.07. The monoisotopic (exact) mass is 357 g/mol. The third-order valence-corrected chi connectivity index (χ3v) is 6.31. The van der Waals surface area contributed by atoms with Gasteiger partial charge in [0.1, 0.15) is 6.61 Å². The number of amides is 1. The van der Waals surface area contributed by atoms with E-state index in [4.69, 9.17) is 4.74 Å². The van der Waals surface area contributed by atoms with Gasteiger partial charge in [-0.25, -0.2) is 0 Å². The number of aromatic hydroxyl groups is 1. The van der Waals surface area contributed by atoms with E-state index in [2.05, 4.69) is 32.9 Å². The van der Waals surface area contributed by atoms with E-state index >= 15 is 0 Å². The van der Waals surface area contributed by atoms with Crippen LogP contribution in [-0.2, 0) is 11.3 Å². The topological polar surface area (TPSA) is 49.8 Å². The number of nitrogens with zero attached hydrogens (tertiary/aromatic N) is 1. The number of phenols is 1. The van der Waals surface area contributed by atoms with E-state index < -0.39 is 0 Å². The Morgan fingerprint density at radius 2 is 2.12 bits per heavy atom. The maximum absolute atomic E-state index is 12.8. The second kappa shape index (κ2) is 5.77. The molecule has 1 aliphatic heterocycles. The zero-order chi connectivity index (χ0) is 17.8. The third-order valence-electron chi connectivity index (χ3n) is 5.26. The van der Waals surface area contributed by atoms with Crippen molar-refractivity contribution in [1.29, 1.82) is 0 Å². The van der Waals surface area contributed by atoms with Crippen molar-refractivity contribution in [3.8, 4) is 21.9 Å². The molecule has 2 aromatic rings. The minimum atomic E-state index is 0.116. The van der Waals surface area contributed by atoms with Crippen LogP contribution in [0.1, 0.15) is 30.7 Å². The molecule has 1 fully saturated rings. The summed E-state index contributed by atoms with van der Waals surface area (Å²) < 4.78 is 5.77. The third kappa shape index (κ3) is 3.01. The maximum atomic E-state index is 12.8. The van der Waals surface area contributed by atoms with Gasteiger partial charge in [0.15, 0.2) is 11.5 Å². The molecule has 4 nitrogen and oxygen atoms in total. The molecule has 132 valence electrons. The summed E-state index contributed by atoms with van der Waals surface area (Å²) in [5.74, 6) is 0.992. The molecule has 0 spiro atoms. The summed E-state index contributed by atoms with van der Waals surface area (Å²) in [5.41, 5.74) is 1.97. The van der Waals surface area contributed by atoms with Gasteiger partial charge < -0.3 is 14.7 Å². The summed E-state index contributed by atoms with van der Waals surface area (Å²) in [4.78, 5) is 17.0. The van der Waals surface area contributed by atoms with Crippen molar-refractivity contribution in [2.75, 3.05) is 13.2 Å². The van der Waals surface area contributed by atoms with Gasteiger partial charge >= 0.3 is 0 Å². The number of carbonyl (C=O) groups is 1. The number of aryl methyl sites for hydroxylation is 1. The minimum Gasteiger partial charge on any atom is -0.504 e. The molecule has 1 aliphatic carbocycles. The van der Waals surface area contributed by atoms with Gasteiger partial charge in [-0.15, -0.1) is 11.3 Å². The van der Waals surface area contributed by atoms with Gasteiger partial charge in [-0.1, -0.05) is 13.8 Å². The van der Waals surface area contributed by atoms with Crippen LogP contribution in [-0.4, -0.2) is 29.1 Å². The molecule has 0 saturated heterocycles. The lowest BCUT2D eigenvalue weighted by molar-refractivity contribution is -0.134. The quantitative estimate of drug-likeness (QED) is 0.876. The summed E-state index contributed by atoms with van der Waals surface area (Å²) in [7, 11) is 0. The molecule has 4 rings (SSSR count). The van der Waals surface area contributed by atoms with E-state index in [1.165, 1.54) is 4.88 Å². The first kappa shape index (κ1) is 16.5. The Morgan fingerprint density at radius 3 is 2.76 bits per heavy atom. The van der Waals surface area contributed by atoms with Crippen LogP contribution in [0.4, 0.5) is 0 Å². The molecule has 1 atom stereocenters. The summed E-state index contributed by atoms with van der Waals surface area (Å²) >= 11 is 1.69. The molecule has 1 aromatic carbocycles. The normalized spacial score (nSPS) is 21.2. The number of ether oxygens (including phenoxy) is 1. The lowest BCUT2D eigenvalue weighted by atomic mass is 10.1. The summed E-state index contributed by atoms with van der Waals surface area (Å²) in [5, 5.41) is 10.4. The molecule has 1 aromatic heterocycles. The van der Waals surface area contributed by atoms with Crippen LogP contribution in [0.25, 0.3) is 10.4 Å². The fourth-order valence-electron chi connectivity index (χ4n) is 3.53. The van der Waals surface area contributed by atoms with Gasteiger partial charge in [0.05, 0.1) is 6.54 Å². The highest BCUT2D eigenvalue weighted by Crippen LogP contribution is 2.52. The second-order valence-corrected chi connectivity index (χ2v) is 9.04. The molecule has 1 N–H and O–H groups in total. The first-order valence-electron chi connectivity index (χ1n) is 8.69. The predicted octanol–water partition coefficient (Wildman–Crippen LogP) is 4.20. The molecule has 25 heavy (non-hydrogen) atoms. The second-order valence-electron chi connectivity index (χ2n) is 7.75. The molecule has 1 amide bonds. The lowest BCUT2D eigenvalue weighted by Crippen LogP contribution is -2.34. The van der Waals surface area contributed by atoms with Crippen LogP contribution < -0.4 is 4.74 Å². The Bertz CT molecular complexity index is 839. The fourth-order valence-corrected chi connectivity index (χ4v) is 4.38. The highest BCUT2D eigenvalue weighted by molar-refractivity contribution is 7.15. The first-order valence-corrected chi connectivity index (χ1v) is 9.51. The van der Waals surface area contributed by atoms with E-state index in [-0.39, 0.29) is 23.0 Å². The summed E-state index contributed by atoms with van der Waals surface area (Å²) in [6.45, 7) is 7.82. The zero-order valence-corrected chi connectivity index (χ0v) is 15.7. The largest absolute Gasteiger partial charge is 0.504 e. The van der Waals surface area contributed by atoms with Crippen LogP contribution in [0, 0.1) is 18.3 Å². The SMILES string of the molecule is Cc1ccc(-c2cc(O)c3c(c2)CN(C(=O)[C@H]2CC2(C)C)CCO3)s1. The molecule has 5 heteroatoms. The van der Waals surface area contributed by atoms with Crippen molar-refractivity contribution in [3.05, 3.63) is 34.7 Å². The van der Waals surface area contributed by atoms with Crippen LogP contribution in [0.5, 0.6) is 11.5 Å². The van der Waals surface area contributed by atoms with Gasteiger partial charge in [0, 0.05) is 27.8 Å². The van der Waals surface area contributed by atoms with Gasteiger partial charge in [-0.3, -0.25) is 4.79 Å². The Labute approximate surface area is 152 Å². The van der Waals surface area contributed by atoms with Crippen LogP contribution in [0.15, 0.2) is 24.3 Å². The van der Waals surface area contributed by atoms with Crippen LogP contribution in [0.3, 0.4) is 0 Å². The highest BCUT2D eigenvalue weighted by Gasteiger charge is 2.52. The number of thiophene rings is 1. The summed E-state index contributed by atoms with van der Waals surface area (Å²) in [6.07, 6.45) is 0.954. The number of benzene rings is 1. The van der Waals surface area contributed by atoms with E-state index in [1.54, 1.807) is 17.4 Å². The van der Waals surface area contributed by atoms with E-state index in [0.717, 1.165) is 22.4 Å². The van der Waals surface area contributed by atoms with Crippen LogP contribution in [0.2, 0.25) is 0 Å². The Hall–Kier alpha value is -2.01. The van der Waals surface area contributed by atoms with Crippen molar-refractivity contribution in [2.24, 2.45) is 11.3 Å². The van der Waals surface area contributed by atoms with E-state index in [1.807, 2.05) is 11.0 Å².